The molecule has 15 nitrogen and oxygen atoms in total. The van der Waals surface area contributed by atoms with Crippen molar-refractivity contribution in [3.05, 3.63) is 124 Å². The highest BCUT2D eigenvalue weighted by molar-refractivity contribution is 9.10. The Kier molecular flexibility index (Phi) is 18.6. The Bertz CT molecular complexity index is 2430. The van der Waals surface area contributed by atoms with Crippen LogP contribution < -0.4 is 26.0 Å². The van der Waals surface area contributed by atoms with Gasteiger partial charge in [-0.2, -0.15) is 0 Å². The first kappa shape index (κ1) is 53.1. The topological polar surface area (TPSA) is 191 Å². The van der Waals surface area contributed by atoms with E-state index in [4.69, 9.17) is 18.9 Å². The number of benzene rings is 4. The molecule has 1 heterocycles. The molecule has 4 atom stereocenters. The maximum atomic E-state index is 14.6. The minimum atomic E-state index is -1.02. The summed E-state index contributed by atoms with van der Waals surface area (Å²) >= 11 is 3.45. The number of carbonyl (C=O) groups is 6. The van der Waals surface area contributed by atoms with Crippen LogP contribution in [0.2, 0.25) is 0 Å². The van der Waals surface area contributed by atoms with Gasteiger partial charge < -0.3 is 45.1 Å². The lowest BCUT2D eigenvalue weighted by atomic mass is 9.98. The van der Waals surface area contributed by atoms with Crippen LogP contribution in [0.1, 0.15) is 95.9 Å². The van der Waals surface area contributed by atoms with Gasteiger partial charge >= 0.3 is 18.2 Å². The lowest BCUT2D eigenvalue weighted by Crippen LogP contribution is -2.58. The smallest absolute Gasteiger partial charge is 0.459 e. The number of rotatable bonds is 15. The maximum absolute atomic E-state index is 14.6. The van der Waals surface area contributed by atoms with E-state index in [-0.39, 0.29) is 75.5 Å². The summed E-state index contributed by atoms with van der Waals surface area (Å²) < 4.78 is 23.1. The van der Waals surface area contributed by atoms with Gasteiger partial charge in [-0.05, 0) is 104 Å². The summed E-state index contributed by atoms with van der Waals surface area (Å²) in [6.45, 7) is 12.6. The van der Waals surface area contributed by atoms with E-state index in [9.17, 15) is 28.8 Å². The molecule has 0 aromatic heterocycles. The van der Waals surface area contributed by atoms with Crippen molar-refractivity contribution < 1.29 is 47.7 Å². The average molecular weight is 1030 g/mol. The van der Waals surface area contributed by atoms with E-state index >= 15 is 0 Å². The molecule has 0 spiro atoms. The minimum Gasteiger partial charge on any atom is -0.459 e. The van der Waals surface area contributed by atoms with Gasteiger partial charge in [0.05, 0.1) is 6.04 Å². The molecule has 4 aromatic carbocycles. The number of carbonyl (C=O) groups excluding carboxylic acids is 6. The van der Waals surface area contributed by atoms with Crippen LogP contribution in [0.3, 0.4) is 0 Å². The lowest BCUT2D eigenvalue weighted by molar-refractivity contribution is -0.159. The van der Waals surface area contributed by atoms with Gasteiger partial charge in [-0.25, -0.2) is 9.59 Å². The quantitative estimate of drug-likeness (QED) is 0.0510. The third kappa shape index (κ3) is 15.4. The van der Waals surface area contributed by atoms with Crippen molar-refractivity contribution >= 4 is 51.9 Å². The van der Waals surface area contributed by atoms with Crippen molar-refractivity contribution in [1.29, 1.82) is 0 Å². The molecule has 6 rings (SSSR count). The Morgan fingerprint density at radius 2 is 1.34 bits per heavy atom. The Hall–Kier alpha value is -6.26. The highest BCUT2D eigenvalue weighted by Gasteiger charge is 2.36. The largest absolute Gasteiger partial charge is 0.514 e. The Morgan fingerprint density at radius 3 is 1.97 bits per heavy atom. The van der Waals surface area contributed by atoms with E-state index in [1.807, 2.05) is 88.4 Å². The molecule has 0 radical (unpaired) electrons. The number of hydrogen-bond acceptors (Lipinski definition) is 11. The van der Waals surface area contributed by atoms with Crippen LogP contribution in [0.25, 0.3) is 11.1 Å². The van der Waals surface area contributed by atoms with Gasteiger partial charge in [0.15, 0.2) is 0 Å². The number of halogens is 1. The van der Waals surface area contributed by atoms with Crippen molar-refractivity contribution in [2.75, 3.05) is 26.2 Å². The van der Waals surface area contributed by atoms with Gasteiger partial charge in [0, 0.05) is 35.1 Å². The van der Waals surface area contributed by atoms with Gasteiger partial charge in [0.1, 0.15) is 43.2 Å². The molecule has 4 amide bonds. The van der Waals surface area contributed by atoms with Crippen LogP contribution >= 0.6 is 15.9 Å². The summed E-state index contributed by atoms with van der Waals surface area (Å²) in [6, 6.07) is 26.4. The standard InChI is InChI=1S/C54H66BrN5O10/c1-33(2)26-45-49(62)59-47(27-34(3)4)51(64)60(30-48(61)70-54(5,6)7)25-24-37(29-56-52(65)67-32-43-41-17-11-9-15-39(41)40-16-10-12-18-42(40)43)57-46(50(63)58-45)28-35-20-22-38(23-21-35)69-53(66)68-31-36-14-8-13-19-44(36)55/h8-23,33-34,37,43,45-47,57H,24-32H2,1-7H3,(H,56,65)(H,58,63)(H,59,62)/t37-,45+,46+,47+/m1/s1. The molecular weight excluding hydrogens is 959 g/mol. The number of hydrogen-bond donors (Lipinski definition) is 4. The molecule has 2 aliphatic rings. The number of fused-ring (bicyclic) bond motifs is 3. The lowest BCUT2D eigenvalue weighted by Gasteiger charge is -2.31. The highest BCUT2D eigenvalue weighted by Crippen LogP contribution is 2.44. The van der Waals surface area contributed by atoms with Gasteiger partial charge in [0.2, 0.25) is 17.7 Å². The van der Waals surface area contributed by atoms with E-state index in [0.29, 0.717) is 5.56 Å². The fourth-order valence-electron chi connectivity index (χ4n) is 8.69. The molecule has 0 bridgehead atoms. The van der Waals surface area contributed by atoms with Crippen molar-refractivity contribution in [2.45, 2.75) is 116 Å². The molecule has 1 fully saturated rings. The summed E-state index contributed by atoms with van der Waals surface area (Å²) in [5.74, 6) is -2.11. The van der Waals surface area contributed by atoms with Crippen molar-refractivity contribution in [2.24, 2.45) is 11.8 Å². The third-order valence-electron chi connectivity index (χ3n) is 11.9. The van der Waals surface area contributed by atoms with Gasteiger partial charge in [-0.3, -0.25) is 19.2 Å². The molecule has 16 heteroatoms. The first-order valence-electron chi connectivity index (χ1n) is 24.0. The molecule has 1 saturated heterocycles. The normalized spacial score (nSPS) is 18.9. The Balaban J connectivity index is 1.26. The van der Waals surface area contributed by atoms with E-state index in [0.717, 1.165) is 32.3 Å². The highest BCUT2D eigenvalue weighted by atomic mass is 79.9. The number of alkyl carbamates (subject to hydrolysis) is 1. The SMILES string of the molecule is CC(C)C[C@@H]1NC(=O)[C@H](Cc2ccc(OC(=O)OCc3ccccc3Br)cc2)N[C@@H](CNC(=O)OCC2c3ccccc3-c3ccccc32)CCN(CC(=O)OC(C)(C)C)C(=O)[C@H](CC(C)C)NC1=O. The number of esters is 1. The summed E-state index contributed by atoms with van der Waals surface area (Å²) in [4.78, 5) is 84.4. The molecule has 70 heavy (non-hydrogen) atoms. The molecule has 4 aromatic rings. The molecule has 374 valence electrons. The molecule has 0 saturated carbocycles. The van der Waals surface area contributed by atoms with E-state index in [1.54, 1.807) is 45.0 Å². The van der Waals surface area contributed by atoms with Gasteiger partial charge in [0.25, 0.3) is 0 Å². The minimum absolute atomic E-state index is 0.000297. The van der Waals surface area contributed by atoms with E-state index in [2.05, 4.69) is 49.3 Å². The Labute approximate surface area is 419 Å². The monoisotopic (exact) mass is 1020 g/mol. The second-order valence-corrected chi connectivity index (χ2v) is 20.6. The predicted octanol–water partition coefficient (Wildman–Crippen LogP) is 8.21. The maximum Gasteiger partial charge on any atom is 0.514 e. The first-order chi connectivity index (χ1) is 33.3. The summed E-state index contributed by atoms with van der Waals surface area (Å²) in [5.41, 5.74) is 4.93. The summed E-state index contributed by atoms with van der Waals surface area (Å²) in [6.07, 6.45) is -0.765. The van der Waals surface area contributed by atoms with Crippen LogP contribution in [-0.4, -0.2) is 96.8 Å². The second kappa shape index (κ2) is 24.5. The zero-order valence-electron chi connectivity index (χ0n) is 41.1. The summed E-state index contributed by atoms with van der Waals surface area (Å²) in [7, 11) is 0. The van der Waals surface area contributed by atoms with Crippen LogP contribution in [0.15, 0.2) is 102 Å². The number of ether oxygens (including phenoxy) is 4. The second-order valence-electron chi connectivity index (χ2n) is 19.7. The van der Waals surface area contributed by atoms with Crippen LogP contribution in [0.5, 0.6) is 5.75 Å². The van der Waals surface area contributed by atoms with Crippen LogP contribution in [0, 0.1) is 11.8 Å². The number of nitrogens with zero attached hydrogens (tertiary/aromatic N) is 1. The molecule has 4 N–H and O–H groups in total. The van der Waals surface area contributed by atoms with Crippen LogP contribution in [-0.2, 0) is 46.4 Å². The fourth-order valence-corrected chi connectivity index (χ4v) is 9.09. The van der Waals surface area contributed by atoms with Crippen molar-refractivity contribution in [3.8, 4) is 16.9 Å². The molecule has 1 aliphatic heterocycles. The van der Waals surface area contributed by atoms with Gasteiger partial charge in [-0.15, -0.1) is 0 Å². The van der Waals surface area contributed by atoms with E-state index in [1.165, 1.54) is 4.90 Å². The average Bonchev–Trinajstić information content (AvgIpc) is 3.62. The van der Waals surface area contributed by atoms with E-state index < -0.39 is 72.3 Å². The molecule has 1 aliphatic carbocycles. The number of nitrogens with one attached hydrogen (secondary N) is 4. The van der Waals surface area contributed by atoms with Crippen molar-refractivity contribution in [1.82, 2.24) is 26.2 Å². The molecular formula is C54H66BrN5O10. The first-order valence-corrected chi connectivity index (χ1v) is 24.8. The van der Waals surface area contributed by atoms with Gasteiger partial charge in [-0.1, -0.05) is 122 Å². The number of amides is 4. The Morgan fingerprint density at radius 1 is 0.757 bits per heavy atom. The summed E-state index contributed by atoms with van der Waals surface area (Å²) in [5, 5.41) is 12.2. The zero-order valence-corrected chi connectivity index (χ0v) is 42.6. The van der Waals surface area contributed by atoms with Crippen molar-refractivity contribution in [3.63, 3.8) is 0 Å². The zero-order chi connectivity index (χ0) is 50.5. The molecule has 0 unspecified atom stereocenters. The predicted molar refractivity (Wildman–Crippen MR) is 269 cm³/mol. The van der Waals surface area contributed by atoms with Crippen LogP contribution in [0.4, 0.5) is 9.59 Å². The fraction of sp³-hybridized carbons (Fsp3) is 0.444. The third-order valence-corrected chi connectivity index (χ3v) is 12.7.